The minimum Gasteiger partial charge on any atom is -0.438 e. The van der Waals surface area contributed by atoms with Crippen LogP contribution in [-0.4, -0.2) is 15.6 Å². The Kier molecular flexibility index (Phi) is 4.95. The third kappa shape index (κ3) is 3.28. The van der Waals surface area contributed by atoms with Crippen molar-refractivity contribution in [3.63, 3.8) is 0 Å². The number of carbonyl (C=O) groups is 1. The van der Waals surface area contributed by atoms with Crippen LogP contribution in [0.4, 0.5) is 4.79 Å². The van der Waals surface area contributed by atoms with Gasteiger partial charge in [-0.3, -0.25) is 9.36 Å². The Labute approximate surface area is 155 Å². The van der Waals surface area contributed by atoms with Crippen LogP contribution in [0.5, 0.6) is 0 Å². The van der Waals surface area contributed by atoms with E-state index in [0.29, 0.717) is 27.4 Å². The second-order valence-corrected chi connectivity index (χ2v) is 6.59. The predicted octanol–water partition coefficient (Wildman–Crippen LogP) is 3.83. The number of hydrogen-bond acceptors (Lipinski definition) is 4. The van der Waals surface area contributed by atoms with Gasteiger partial charge in [0.05, 0.1) is 21.6 Å². The molecule has 0 radical (unpaired) electrons. The predicted molar refractivity (Wildman–Crippen MR) is 101 cm³/mol. The molecule has 1 heterocycles. The van der Waals surface area contributed by atoms with E-state index < -0.39 is 12.2 Å². The van der Waals surface area contributed by atoms with Crippen LogP contribution < -0.4 is 11.3 Å². The fourth-order valence-corrected chi connectivity index (χ4v) is 3.09. The number of para-hydroxylation sites is 1. The summed E-state index contributed by atoms with van der Waals surface area (Å²) in [5.74, 6) is 0.144. The van der Waals surface area contributed by atoms with Gasteiger partial charge < -0.3 is 10.5 Å². The van der Waals surface area contributed by atoms with Crippen LogP contribution >= 0.6 is 11.6 Å². The van der Waals surface area contributed by atoms with Crippen LogP contribution in [0.15, 0.2) is 53.3 Å². The largest absolute Gasteiger partial charge is 0.438 e. The van der Waals surface area contributed by atoms with Crippen molar-refractivity contribution >= 4 is 28.6 Å². The Balaban J connectivity index is 2.40. The van der Waals surface area contributed by atoms with Gasteiger partial charge in [-0.1, -0.05) is 49.7 Å². The molecule has 1 unspecified atom stereocenters. The topological polar surface area (TPSA) is 87.2 Å². The molecule has 3 aromatic rings. The van der Waals surface area contributed by atoms with Gasteiger partial charge in [0.15, 0.2) is 11.9 Å². The molecule has 0 bridgehead atoms. The summed E-state index contributed by atoms with van der Waals surface area (Å²) in [5.41, 5.74) is 5.93. The van der Waals surface area contributed by atoms with Gasteiger partial charge >= 0.3 is 6.09 Å². The maximum Gasteiger partial charge on any atom is 0.405 e. The van der Waals surface area contributed by atoms with E-state index in [1.807, 2.05) is 32.0 Å². The highest BCUT2D eigenvalue weighted by Crippen LogP contribution is 2.28. The number of primary amides is 1. The number of halogens is 1. The van der Waals surface area contributed by atoms with Gasteiger partial charge in [-0.15, -0.1) is 0 Å². The highest BCUT2D eigenvalue weighted by molar-refractivity contribution is 6.35. The average molecular weight is 372 g/mol. The van der Waals surface area contributed by atoms with Crippen molar-refractivity contribution in [1.82, 2.24) is 9.55 Å². The number of carbonyl (C=O) groups excluding carboxylic acids is 1. The standard InChI is InChI=1S/C19H18ClN3O3/c1-11(2)16(26-19(21)25)17-22-14-10-6-9-13(20)15(14)18(24)23(17)12-7-4-3-5-8-12/h3-11,16H,1-2H3,(H2,21,25). The lowest BCUT2D eigenvalue weighted by molar-refractivity contribution is 0.0712. The van der Waals surface area contributed by atoms with Gasteiger partial charge in [0.25, 0.3) is 5.56 Å². The lowest BCUT2D eigenvalue weighted by Crippen LogP contribution is -2.30. The SMILES string of the molecule is CC(C)C(OC(N)=O)c1nc2cccc(Cl)c2c(=O)n1-c1ccccc1. The zero-order valence-corrected chi connectivity index (χ0v) is 15.1. The van der Waals surface area contributed by atoms with E-state index in [-0.39, 0.29) is 11.5 Å². The van der Waals surface area contributed by atoms with E-state index in [1.54, 1.807) is 30.3 Å². The van der Waals surface area contributed by atoms with E-state index in [9.17, 15) is 9.59 Å². The van der Waals surface area contributed by atoms with Crippen molar-refractivity contribution in [3.05, 3.63) is 69.7 Å². The van der Waals surface area contributed by atoms with Crippen molar-refractivity contribution in [2.24, 2.45) is 11.7 Å². The molecule has 134 valence electrons. The number of rotatable bonds is 4. The number of amides is 1. The molecule has 1 aromatic heterocycles. The minimum absolute atomic E-state index is 0.152. The summed E-state index contributed by atoms with van der Waals surface area (Å²) in [7, 11) is 0. The first-order chi connectivity index (χ1) is 12.4. The number of nitrogens with zero attached hydrogens (tertiary/aromatic N) is 2. The summed E-state index contributed by atoms with van der Waals surface area (Å²) in [6.45, 7) is 3.72. The summed E-state index contributed by atoms with van der Waals surface area (Å²) in [5, 5.41) is 0.622. The van der Waals surface area contributed by atoms with Crippen molar-refractivity contribution in [1.29, 1.82) is 0 Å². The van der Waals surface area contributed by atoms with Crippen LogP contribution in [0.1, 0.15) is 25.8 Å². The molecule has 0 aliphatic rings. The van der Waals surface area contributed by atoms with Gasteiger partial charge in [0.1, 0.15) is 0 Å². The molecule has 3 rings (SSSR count). The lowest BCUT2D eigenvalue weighted by Gasteiger charge is -2.23. The zero-order valence-electron chi connectivity index (χ0n) is 14.3. The van der Waals surface area contributed by atoms with Gasteiger partial charge in [-0.2, -0.15) is 0 Å². The van der Waals surface area contributed by atoms with Crippen molar-refractivity contribution in [2.75, 3.05) is 0 Å². The maximum atomic E-state index is 13.3. The molecule has 7 heteroatoms. The molecule has 0 saturated heterocycles. The van der Waals surface area contributed by atoms with Gasteiger partial charge in [0.2, 0.25) is 0 Å². The molecule has 1 atom stereocenters. The normalized spacial score (nSPS) is 12.3. The molecule has 2 aromatic carbocycles. The molecule has 0 aliphatic carbocycles. The van der Waals surface area contributed by atoms with Crippen molar-refractivity contribution < 1.29 is 9.53 Å². The molecular weight excluding hydrogens is 354 g/mol. The summed E-state index contributed by atoms with van der Waals surface area (Å²) >= 11 is 6.24. The molecule has 0 saturated carbocycles. The van der Waals surface area contributed by atoms with E-state index in [1.165, 1.54) is 4.57 Å². The van der Waals surface area contributed by atoms with Crippen LogP contribution in [0.25, 0.3) is 16.6 Å². The number of aromatic nitrogens is 2. The molecule has 1 amide bonds. The smallest absolute Gasteiger partial charge is 0.405 e. The summed E-state index contributed by atoms with van der Waals surface area (Å²) < 4.78 is 6.70. The fourth-order valence-electron chi connectivity index (χ4n) is 2.84. The first-order valence-corrected chi connectivity index (χ1v) is 8.50. The second kappa shape index (κ2) is 7.17. The maximum absolute atomic E-state index is 13.3. The average Bonchev–Trinajstić information content (AvgIpc) is 2.59. The van der Waals surface area contributed by atoms with Gasteiger partial charge in [0, 0.05) is 0 Å². The number of ether oxygens (including phenoxy) is 1. The Morgan fingerprint density at radius 2 is 1.85 bits per heavy atom. The highest BCUT2D eigenvalue weighted by Gasteiger charge is 2.27. The lowest BCUT2D eigenvalue weighted by atomic mass is 10.1. The summed E-state index contributed by atoms with van der Waals surface area (Å²) in [6.07, 6.45) is -1.72. The van der Waals surface area contributed by atoms with Crippen LogP contribution in [0.2, 0.25) is 5.02 Å². The fraction of sp³-hybridized carbons (Fsp3) is 0.211. The Hall–Kier alpha value is -2.86. The molecule has 26 heavy (non-hydrogen) atoms. The minimum atomic E-state index is -0.927. The number of hydrogen-bond donors (Lipinski definition) is 1. The van der Waals surface area contributed by atoms with Crippen LogP contribution in [-0.2, 0) is 4.74 Å². The third-order valence-corrected chi connectivity index (χ3v) is 4.31. The van der Waals surface area contributed by atoms with E-state index in [2.05, 4.69) is 4.98 Å². The quantitative estimate of drug-likeness (QED) is 0.754. The monoisotopic (exact) mass is 371 g/mol. The molecular formula is C19H18ClN3O3. The molecule has 0 spiro atoms. The highest BCUT2D eigenvalue weighted by atomic mass is 35.5. The van der Waals surface area contributed by atoms with E-state index in [4.69, 9.17) is 22.1 Å². The first kappa shape index (κ1) is 17.9. The Morgan fingerprint density at radius 3 is 2.46 bits per heavy atom. The van der Waals surface area contributed by atoms with Crippen molar-refractivity contribution in [2.45, 2.75) is 20.0 Å². The molecule has 0 aliphatic heterocycles. The van der Waals surface area contributed by atoms with Crippen molar-refractivity contribution in [3.8, 4) is 5.69 Å². The molecule has 6 nitrogen and oxygen atoms in total. The number of benzene rings is 2. The van der Waals surface area contributed by atoms with Gasteiger partial charge in [-0.25, -0.2) is 9.78 Å². The third-order valence-electron chi connectivity index (χ3n) is 3.99. The summed E-state index contributed by atoms with van der Waals surface area (Å²) in [4.78, 5) is 29.2. The molecule has 0 fully saturated rings. The van der Waals surface area contributed by atoms with Gasteiger partial charge in [-0.05, 0) is 30.2 Å². The zero-order chi connectivity index (χ0) is 18.8. The van der Waals surface area contributed by atoms with E-state index >= 15 is 0 Å². The second-order valence-electron chi connectivity index (χ2n) is 6.18. The van der Waals surface area contributed by atoms with E-state index in [0.717, 1.165) is 0 Å². The number of nitrogens with two attached hydrogens (primary N) is 1. The Morgan fingerprint density at radius 1 is 1.15 bits per heavy atom. The van der Waals surface area contributed by atoms with Crippen LogP contribution in [0.3, 0.4) is 0 Å². The number of fused-ring (bicyclic) bond motifs is 1. The molecule has 2 N–H and O–H groups in total. The summed E-state index contributed by atoms with van der Waals surface area (Å²) in [6, 6.07) is 14.1. The van der Waals surface area contributed by atoms with Crippen LogP contribution in [0, 0.1) is 5.92 Å². The Bertz CT molecular complexity index is 1020. The first-order valence-electron chi connectivity index (χ1n) is 8.13.